The number of amides is 2. The van der Waals surface area contributed by atoms with E-state index >= 15 is 0 Å². The number of methoxy groups -OCH3 is 1. The number of halogens is 1. The predicted molar refractivity (Wildman–Crippen MR) is 107 cm³/mol. The van der Waals surface area contributed by atoms with Crippen molar-refractivity contribution < 1.29 is 14.3 Å². The topological polar surface area (TPSA) is 67.4 Å². The van der Waals surface area contributed by atoms with Crippen LogP contribution in [0.3, 0.4) is 0 Å². The molecule has 0 aliphatic heterocycles. The van der Waals surface area contributed by atoms with Gasteiger partial charge in [-0.2, -0.15) is 0 Å². The molecular weight excluding hydrogens is 431 g/mol. The number of rotatable bonds is 6. The van der Waals surface area contributed by atoms with E-state index in [-0.39, 0.29) is 17.9 Å². The molecule has 2 aromatic carbocycles. The number of nitrogens with one attached hydrogen (secondary N) is 2. The number of anilines is 1. The smallest absolute Gasteiger partial charge is 0.255 e. The predicted octanol–water partition coefficient (Wildman–Crippen LogP) is 4.08. The number of carbonyl (C=O) groups excluding carboxylic acids is 2. The van der Waals surface area contributed by atoms with E-state index in [1.807, 2.05) is 13.8 Å². The summed E-state index contributed by atoms with van der Waals surface area (Å²) in [5.41, 5.74) is 1.75. The van der Waals surface area contributed by atoms with Crippen molar-refractivity contribution in [3.8, 4) is 5.75 Å². The Hall–Kier alpha value is -2.09. The van der Waals surface area contributed by atoms with Crippen molar-refractivity contribution in [3.63, 3.8) is 0 Å². The zero-order chi connectivity index (χ0) is 18.4. The van der Waals surface area contributed by atoms with Crippen LogP contribution in [0.1, 0.15) is 41.0 Å². The van der Waals surface area contributed by atoms with Crippen LogP contribution in [0.25, 0.3) is 0 Å². The van der Waals surface area contributed by atoms with Crippen molar-refractivity contribution in [2.24, 2.45) is 0 Å². The molecular formula is C19H21IN2O3. The first kappa shape index (κ1) is 19.2. The Balaban J connectivity index is 2.04. The molecule has 0 spiro atoms. The third kappa shape index (κ3) is 5.19. The molecule has 0 aliphatic carbocycles. The molecule has 0 aromatic heterocycles. The molecule has 25 heavy (non-hydrogen) atoms. The summed E-state index contributed by atoms with van der Waals surface area (Å²) in [4.78, 5) is 24.4. The van der Waals surface area contributed by atoms with Crippen molar-refractivity contribution in [1.82, 2.24) is 5.32 Å². The molecule has 2 amide bonds. The molecule has 0 heterocycles. The zero-order valence-electron chi connectivity index (χ0n) is 14.4. The number of hydrogen-bond acceptors (Lipinski definition) is 3. The summed E-state index contributed by atoms with van der Waals surface area (Å²) < 4.78 is 6.06. The lowest BCUT2D eigenvalue weighted by Gasteiger charge is -2.12. The van der Waals surface area contributed by atoms with E-state index in [1.165, 1.54) is 0 Å². The molecule has 2 rings (SSSR count). The van der Waals surface area contributed by atoms with E-state index in [9.17, 15) is 9.59 Å². The fourth-order valence-electron chi connectivity index (χ4n) is 2.13. The van der Waals surface area contributed by atoms with E-state index < -0.39 is 0 Å². The second-order valence-electron chi connectivity index (χ2n) is 5.66. The molecule has 0 radical (unpaired) electrons. The average Bonchev–Trinajstić information content (AvgIpc) is 2.61. The first-order valence-corrected chi connectivity index (χ1v) is 9.08. The molecule has 5 nitrogen and oxygen atoms in total. The molecule has 0 fully saturated rings. The molecule has 2 N–H and O–H groups in total. The Morgan fingerprint density at radius 2 is 1.72 bits per heavy atom. The molecule has 2 aromatic rings. The number of benzene rings is 2. The highest BCUT2D eigenvalue weighted by Gasteiger charge is 2.11. The maximum Gasteiger partial charge on any atom is 0.255 e. The summed E-state index contributed by atoms with van der Waals surface area (Å²) >= 11 is 2.12. The second-order valence-corrected chi connectivity index (χ2v) is 6.83. The van der Waals surface area contributed by atoms with Crippen LogP contribution in [-0.2, 0) is 0 Å². The third-order valence-corrected chi connectivity index (χ3v) is 4.65. The summed E-state index contributed by atoms with van der Waals surface area (Å²) in [7, 11) is 1.59. The Morgan fingerprint density at radius 1 is 1.08 bits per heavy atom. The highest BCUT2D eigenvalue weighted by Crippen LogP contribution is 2.22. The van der Waals surface area contributed by atoms with Gasteiger partial charge < -0.3 is 15.4 Å². The molecule has 1 atom stereocenters. The van der Waals surface area contributed by atoms with Gasteiger partial charge >= 0.3 is 0 Å². The Bertz CT molecular complexity index is 760. The second kappa shape index (κ2) is 8.84. The summed E-state index contributed by atoms with van der Waals surface area (Å²) in [5.74, 6) is 0.406. The normalized spacial score (nSPS) is 11.5. The molecule has 0 saturated heterocycles. The average molecular weight is 452 g/mol. The fourth-order valence-corrected chi connectivity index (χ4v) is 2.86. The first-order chi connectivity index (χ1) is 11.9. The maximum absolute atomic E-state index is 12.3. The Morgan fingerprint density at radius 3 is 2.28 bits per heavy atom. The van der Waals surface area contributed by atoms with Crippen LogP contribution in [0.2, 0.25) is 0 Å². The van der Waals surface area contributed by atoms with Crippen molar-refractivity contribution in [1.29, 1.82) is 0 Å². The minimum absolute atomic E-state index is 0.114. The SMILES string of the molecule is CCC(C)NC(=O)c1ccc(NC(=O)c2ccc(OC)c(I)c2)cc1. The van der Waals surface area contributed by atoms with Crippen LogP contribution in [0.15, 0.2) is 42.5 Å². The number of hydrogen-bond donors (Lipinski definition) is 2. The van der Waals surface area contributed by atoms with E-state index in [0.29, 0.717) is 16.8 Å². The molecule has 0 saturated carbocycles. The maximum atomic E-state index is 12.3. The van der Waals surface area contributed by atoms with Crippen molar-refractivity contribution in [2.45, 2.75) is 26.3 Å². The van der Waals surface area contributed by atoms with E-state index in [2.05, 4.69) is 33.2 Å². The van der Waals surface area contributed by atoms with Gasteiger partial charge in [-0.1, -0.05) is 6.92 Å². The summed E-state index contributed by atoms with van der Waals surface area (Å²) in [6.07, 6.45) is 0.876. The molecule has 1 unspecified atom stereocenters. The van der Waals surface area contributed by atoms with Crippen molar-refractivity contribution >= 4 is 40.1 Å². The van der Waals surface area contributed by atoms with Gasteiger partial charge in [-0.05, 0) is 78.4 Å². The van der Waals surface area contributed by atoms with Gasteiger partial charge in [-0.3, -0.25) is 9.59 Å². The van der Waals surface area contributed by atoms with Crippen molar-refractivity contribution in [3.05, 3.63) is 57.2 Å². The monoisotopic (exact) mass is 452 g/mol. The van der Waals surface area contributed by atoms with Gasteiger partial charge in [0.25, 0.3) is 11.8 Å². The van der Waals surface area contributed by atoms with Gasteiger partial charge in [0.15, 0.2) is 0 Å². The van der Waals surface area contributed by atoms with Gasteiger partial charge in [0.2, 0.25) is 0 Å². The van der Waals surface area contributed by atoms with Crippen LogP contribution < -0.4 is 15.4 Å². The number of ether oxygens (including phenoxy) is 1. The molecule has 6 heteroatoms. The lowest BCUT2D eigenvalue weighted by Crippen LogP contribution is -2.31. The van der Waals surface area contributed by atoms with E-state index in [4.69, 9.17) is 4.74 Å². The molecule has 132 valence electrons. The van der Waals surface area contributed by atoms with Gasteiger partial charge in [0, 0.05) is 22.9 Å². The highest BCUT2D eigenvalue weighted by molar-refractivity contribution is 14.1. The number of carbonyl (C=O) groups is 2. The van der Waals surface area contributed by atoms with Gasteiger partial charge in [0.05, 0.1) is 10.7 Å². The quantitative estimate of drug-likeness (QED) is 0.650. The first-order valence-electron chi connectivity index (χ1n) is 8.00. The summed E-state index contributed by atoms with van der Waals surface area (Å²) in [6, 6.07) is 12.2. The zero-order valence-corrected chi connectivity index (χ0v) is 16.6. The largest absolute Gasteiger partial charge is 0.496 e. The van der Waals surface area contributed by atoms with Gasteiger partial charge in [-0.15, -0.1) is 0 Å². The van der Waals surface area contributed by atoms with Crippen LogP contribution in [0.4, 0.5) is 5.69 Å². The van der Waals surface area contributed by atoms with E-state index in [1.54, 1.807) is 49.6 Å². The Labute approximate surface area is 161 Å². The minimum atomic E-state index is -0.211. The molecule has 0 bridgehead atoms. The fraction of sp³-hybridized carbons (Fsp3) is 0.263. The molecule has 0 aliphatic rings. The van der Waals surface area contributed by atoms with Crippen LogP contribution in [0, 0.1) is 3.57 Å². The standard InChI is InChI=1S/C19H21IN2O3/c1-4-12(2)21-18(23)13-5-8-15(9-6-13)22-19(24)14-7-10-17(25-3)16(20)11-14/h5-12H,4H2,1-3H3,(H,21,23)(H,22,24). The van der Waals surface area contributed by atoms with E-state index in [0.717, 1.165) is 15.7 Å². The van der Waals surface area contributed by atoms with Crippen LogP contribution in [-0.4, -0.2) is 25.0 Å². The van der Waals surface area contributed by atoms with Crippen LogP contribution in [0.5, 0.6) is 5.75 Å². The summed E-state index contributed by atoms with van der Waals surface area (Å²) in [6.45, 7) is 3.98. The van der Waals surface area contributed by atoms with Crippen LogP contribution >= 0.6 is 22.6 Å². The van der Waals surface area contributed by atoms with Gasteiger partial charge in [-0.25, -0.2) is 0 Å². The lowest BCUT2D eigenvalue weighted by molar-refractivity contribution is 0.0938. The Kier molecular flexibility index (Phi) is 6.81. The van der Waals surface area contributed by atoms with Gasteiger partial charge in [0.1, 0.15) is 5.75 Å². The lowest BCUT2D eigenvalue weighted by atomic mass is 10.1. The third-order valence-electron chi connectivity index (χ3n) is 3.81. The highest BCUT2D eigenvalue weighted by atomic mass is 127. The van der Waals surface area contributed by atoms with Crippen molar-refractivity contribution in [2.75, 3.05) is 12.4 Å². The minimum Gasteiger partial charge on any atom is -0.496 e. The summed E-state index contributed by atoms with van der Waals surface area (Å²) in [5, 5.41) is 5.74.